The van der Waals surface area contributed by atoms with E-state index in [0.717, 1.165) is 47.0 Å². The van der Waals surface area contributed by atoms with Crippen molar-refractivity contribution in [2.75, 3.05) is 0 Å². The molecule has 1 aliphatic heterocycles. The molecule has 0 spiro atoms. The Bertz CT molecular complexity index is 835. The molecule has 0 N–H and O–H groups in total. The van der Waals surface area contributed by atoms with Crippen LogP contribution in [0.4, 0.5) is 0 Å². The monoisotopic (exact) mass is 283 g/mol. The molecule has 20 heavy (non-hydrogen) atoms. The lowest BCUT2D eigenvalue weighted by Gasteiger charge is -2.16. The van der Waals surface area contributed by atoms with E-state index in [1.54, 1.807) is 4.57 Å². The fraction of sp³-hybridized carbons (Fsp3) is 0.267. The highest BCUT2D eigenvalue weighted by atomic mass is 32.1. The van der Waals surface area contributed by atoms with Crippen LogP contribution in [0.2, 0.25) is 0 Å². The smallest absolute Gasteiger partial charge is 0.280 e. The van der Waals surface area contributed by atoms with Gasteiger partial charge in [-0.1, -0.05) is 41.7 Å². The van der Waals surface area contributed by atoms with Gasteiger partial charge in [-0.25, -0.2) is 9.97 Å². The molecular weight excluding hydrogens is 270 g/mol. The number of hydrogen-bond acceptors (Lipinski definition) is 4. The molecule has 3 heterocycles. The Balaban J connectivity index is 1.96. The Morgan fingerprint density at radius 3 is 2.80 bits per heavy atom. The quantitative estimate of drug-likeness (QED) is 0.690. The van der Waals surface area contributed by atoms with Gasteiger partial charge in [0.1, 0.15) is 10.8 Å². The third-order valence-corrected chi connectivity index (χ3v) is 4.65. The van der Waals surface area contributed by atoms with Gasteiger partial charge in [0.25, 0.3) is 5.56 Å². The molecule has 2 aromatic heterocycles. The highest BCUT2D eigenvalue weighted by Gasteiger charge is 2.18. The molecular formula is C15H13N3OS. The van der Waals surface area contributed by atoms with Crippen molar-refractivity contribution >= 4 is 21.7 Å². The number of nitrogens with zero attached hydrogens (tertiary/aromatic N) is 3. The van der Waals surface area contributed by atoms with Crippen molar-refractivity contribution in [3.63, 3.8) is 0 Å². The molecule has 3 aromatic rings. The summed E-state index contributed by atoms with van der Waals surface area (Å²) in [4.78, 5) is 22.4. The maximum absolute atomic E-state index is 12.5. The van der Waals surface area contributed by atoms with Gasteiger partial charge in [-0.05, 0) is 12.8 Å². The van der Waals surface area contributed by atoms with Crippen molar-refractivity contribution in [2.45, 2.75) is 25.8 Å². The van der Waals surface area contributed by atoms with Gasteiger partial charge >= 0.3 is 0 Å². The molecule has 0 saturated heterocycles. The second-order valence-corrected chi connectivity index (χ2v) is 5.96. The largest absolute Gasteiger partial charge is 0.295 e. The summed E-state index contributed by atoms with van der Waals surface area (Å²) in [5, 5.41) is 0.869. The summed E-state index contributed by atoms with van der Waals surface area (Å²) in [5.74, 6) is 0.914. The SMILES string of the molecule is O=c1c2nc(-c3ccccc3)sc2nc2n1CCCC2. The van der Waals surface area contributed by atoms with Crippen LogP contribution >= 0.6 is 11.3 Å². The zero-order valence-electron chi connectivity index (χ0n) is 10.9. The fourth-order valence-electron chi connectivity index (χ4n) is 2.63. The van der Waals surface area contributed by atoms with Crippen LogP contribution in [0, 0.1) is 0 Å². The van der Waals surface area contributed by atoms with Crippen LogP contribution in [-0.4, -0.2) is 14.5 Å². The molecule has 0 amide bonds. The van der Waals surface area contributed by atoms with Gasteiger partial charge in [-0.15, -0.1) is 0 Å². The maximum atomic E-state index is 12.5. The highest BCUT2D eigenvalue weighted by molar-refractivity contribution is 7.21. The van der Waals surface area contributed by atoms with E-state index in [1.807, 2.05) is 30.3 Å². The van der Waals surface area contributed by atoms with Gasteiger partial charge < -0.3 is 0 Å². The summed E-state index contributed by atoms with van der Waals surface area (Å²) in [7, 11) is 0. The minimum atomic E-state index is 0.0168. The molecule has 1 aromatic carbocycles. The van der Waals surface area contributed by atoms with Crippen molar-refractivity contribution in [2.24, 2.45) is 0 Å². The van der Waals surface area contributed by atoms with Crippen molar-refractivity contribution < 1.29 is 0 Å². The molecule has 0 radical (unpaired) electrons. The molecule has 0 saturated carbocycles. The lowest BCUT2D eigenvalue weighted by Crippen LogP contribution is -2.28. The molecule has 4 rings (SSSR count). The standard InChI is InChI=1S/C15H13N3OS/c19-15-12-14(16-11-8-4-5-9-18(11)15)20-13(17-12)10-6-2-1-3-7-10/h1-3,6-7H,4-5,8-9H2. The Hall–Kier alpha value is -2.01. The third-order valence-electron chi connectivity index (χ3n) is 3.65. The molecule has 0 unspecified atom stereocenters. The van der Waals surface area contributed by atoms with Gasteiger partial charge in [0.2, 0.25) is 0 Å². The van der Waals surface area contributed by atoms with E-state index in [-0.39, 0.29) is 5.56 Å². The van der Waals surface area contributed by atoms with E-state index < -0.39 is 0 Å². The van der Waals surface area contributed by atoms with Crippen LogP contribution in [0.15, 0.2) is 35.1 Å². The van der Waals surface area contributed by atoms with E-state index in [4.69, 9.17) is 0 Å². The Labute approximate surface area is 119 Å². The second-order valence-electron chi connectivity index (χ2n) is 4.98. The number of fused-ring (bicyclic) bond motifs is 2. The minimum absolute atomic E-state index is 0.0168. The summed E-state index contributed by atoms with van der Waals surface area (Å²) >= 11 is 1.50. The zero-order valence-corrected chi connectivity index (χ0v) is 11.7. The first kappa shape index (κ1) is 11.8. The molecule has 0 bridgehead atoms. The lowest BCUT2D eigenvalue weighted by atomic mass is 10.1. The zero-order chi connectivity index (χ0) is 13.5. The number of hydrogen-bond donors (Lipinski definition) is 0. The van der Waals surface area contributed by atoms with E-state index >= 15 is 0 Å². The fourth-order valence-corrected chi connectivity index (χ4v) is 3.58. The Morgan fingerprint density at radius 1 is 1.10 bits per heavy atom. The number of rotatable bonds is 1. The number of aromatic nitrogens is 3. The average molecular weight is 283 g/mol. The average Bonchev–Trinajstić information content (AvgIpc) is 2.93. The first-order chi connectivity index (χ1) is 9.83. The van der Waals surface area contributed by atoms with E-state index in [1.165, 1.54) is 11.3 Å². The molecule has 0 fully saturated rings. The molecule has 100 valence electrons. The normalized spacial score (nSPS) is 14.4. The van der Waals surface area contributed by atoms with Gasteiger partial charge in [-0.2, -0.15) is 0 Å². The molecule has 0 aliphatic carbocycles. The molecule has 4 nitrogen and oxygen atoms in total. The first-order valence-corrected chi connectivity index (χ1v) is 7.60. The van der Waals surface area contributed by atoms with Gasteiger partial charge in [0, 0.05) is 18.5 Å². The third kappa shape index (κ3) is 1.78. The number of benzene rings is 1. The Kier molecular flexibility index (Phi) is 2.67. The van der Waals surface area contributed by atoms with Crippen molar-refractivity contribution in [3.05, 3.63) is 46.5 Å². The van der Waals surface area contributed by atoms with Gasteiger partial charge in [-0.3, -0.25) is 9.36 Å². The van der Waals surface area contributed by atoms with Crippen molar-refractivity contribution in [1.82, 2.24) is 14.5 Å². The highest BCUT2D eigenvalue weighted by Crippen LogP contribution is 2.28. The van der Waals surface area contributed by atoms with Gasteiger partial charge in [0.05, 0.1) is 0 Å². The summed E-state index contributed by atoms with van der Waals surface area (Å²) in [5.41, 5.74) is 1.57. The lowest BCUT2D eigenvalue weighted by molar-refractivity contribution is 0.501. The molecule has 0 atom stereocenters. The van der Waals surface area contributed by atoms with Gasteiger partial charge in [0.15, 0.2) is 10.3 Å². The van der Waals surface area contributed by atoms with Crippen LogP contribution in [-0.2, 0) is 13.0 Å². The first-order valence-electron chi connectivity index (χ1n) is 6.78. The predicted molar refractivity (Wildman–Crippen MR) is 80.0 cm³/mol. The van der Waals surface area contributed by atoms with E-state index in [9.17, 15) is 4.79 Å². The summed E-state index contributed by atoms with van der Waals surface area (Å²) in [6.45, 7) is 0.773. The van der Waals surface area contributed by atoms with Crippen molar-refractivity contribution in [1.29, 1.82) is 0 Å². The number of aryl methyl sites for hydroxylation is 1. The van der Waals surface area contributed by atoms with Crippen LogP contribution in [0.3, 0.4) is 0 Å². The predicted octanol–water partition coefficient (Wildman–Crippen LogP) is 2.86. The van der Waals surface area contributed by atoms with Crippen LogP contribution in [0.1, 0.15) is 18.7 Å². The maximum Gasteiger partial charge on any atom is 0.280 e. The molecule has 5 heteroatoms. The number of thiazole rings is 1. The minimum Gasteiger partial charge on any atom is -0.295 e. The van der Waals surface area contributed by atoms with Crippen molar-refractivity contribution in [3.8, 4) is 10.6 Å². The summed E-state index contributed by atoms with van der Waals surface area (Å²) in [6.07, 6.45) is 3.06. The van der Waals surface area contributed by atoms with E-state index in [0.29, 0.717) is 5.52 Å². The van der Waals surface area contributed by atoms with Crippen LogP contribution in [0.5, 0.6) is 0 Å². The van der Waals surface area contributed by atoms with Crippen LogP contribution in [0.25, 0.3) is 20.9 Å². The summed E-state index contributed by atoms with van der Waals surface area (Å²) in [6, 6.07) is 9.95. The second kappa shape index (κ2) is 4.52. The van der Waals surface area contributed by atoms with Crippen LogP contribution < -0.4 is 5.56 Å². The Morgan fingerprint density at radius 2 is 1.95 bits per heavy atom. The van der Waals surface area contributed by atoms with E-state index in [2.05, 4.69) is 9.97 Å². The topological polar surface area (TPSA) is 47.8 Å². The summed E-state index contributed by atoms with van der Waals surface area (Å²) < 4.78 is 1.79. The molecule has 1 aliphatic rings.